The molecule has 0 aliphatic heterocycles. The molecule has 0 spiro atoms. The number of hydrogen-bond acceptors (Lipinski definition) is 3. The first kappa shape index (κ1) is 15.2. The van der Waals surface area contributed by atoms with E-state index in [1.807, 2.05) is 24.6 Å². The Bertz CT molecular complexity index is 611. The normalized spacial score (nSPS) is 11.9. The third-order valence-corrected chi connectivity index (χ3v) is 4.23. The predicted octanol–water partition coefficient (Wildman–Crippen LogP) is 3.53. The molecule has 0 unspecified atom stereocenters. The van der Waals surface area contributed by atoms with Crippen LogP contribution in [0.1, 0.15) is 37.7 Å². The summed E-state index contributed by atoms with van der Waals surface area (Å²) in [7, 11) is 0. The summed E-state index contributed by atoms with van der Waals surface area (Å²) in [4.78, 5) is 4.50. The quantitative estimate of drug-likeness (QED) is 0.932. The molecule has 2 aromatic rings. The molecule has 0 aliphatic carbocycles. The van der Waals surface area contributed by atoms with Gasteiger partial charge in [-0.25, -0.2) is 9.67 Å². The molecule has 0 aromatic carbocycles. The fourth-order valence-electron chi connectivity index (χ4n) is 1.95. The van der Waals surface area contributed by atoms with Crippen LogP contribution >= 0.6 is 15.9 Å². The molecule has 2 rings (SSSR count). The molecule has 108 valence electrons. The van der Waals surface area contributed by atoms with Crippen molar-refractivity contribution in [3.05, 3.63) is 39.8 Å². The van der Waals surface area contributed by atoms with E-state index in [4.69, 9.17) is 0 Å². The van der Waals surface area contributed by atoms with Gasteiger partial charge in [0.05, 0.1) is 15.9 Å². The summed E-state index contributed by atoms with van der Waals surface area (Å²) in [5.74, 6) is 0.885. The average molecular weight is 337 g/mol. The van der Waals surface area contributed by atoms with Crippen molar-refractivity contribution in [1.82, 2.24) is 20.1 Å². The molecule has 0 aliphatic rings. The molecular weight excluding hydrogens is 316 g/mol. The van der Waals surface area contributed by atoms with Crippen LogP contribution in [-0.4, -0.2) is 20.3 Å². The highest BCUT2D eigenvalue weighted by Gasteiger charge is 2.15. The molecule has 0 saturated heterocycles. The van der Waals surface area contributed by atoms with E-state index in [1.165, 1.54) is 0 Å². The number of rotatable bonds is 3. The fraction of sp³-hybridized carbons (Fsp3) is 0.467. The van der Waals surface area contributed by atoms with Crippen molar-refractivity contribution in [2.75, 3.05) is 0 Å². The summed E-state index contributed by atoms with van der Waals surface area (Å²) in [5, 5.41) is 8.06. The van der Waals surface area contributed by atoms with Gasteiger partial charge in [-0.1, -0.05) is 6.07 Å². The van der Waals surface area contributed by atoms with Crippen molar-refractivity contribution < 1.29 is 0 Å². The van der Waals surface area contributed by atoms with Crippen LogP contribution in [0.15, 0.2) is 22.8 Å². The van der Waals surface area contributed by atoms with Gasteiger partial charge in [0.15, 0.2) is 5.82 Å². The first-order chi connectivity index (χ1) is 9.29. The summed E-state index contributed by atoms with van der Waals surface area (Å²) < 4.78 is 2.94. The topological polar surface area (TPSA) is 42.7 Å². The monoisotopic (exact) mass is 336 g/mol. The zero-order chi connectivity index (χ0) is 14.9. The van der Waals surface area contributed by atoms with Crippen LogP contribution in [0, 0.1) is 13.8 Å². The lowest BCUT2D eigenvalue weighted by Crippen LogP contribution is -2.35. The molecule has 5 heteroatoms. The Hall–Kier alpha value is -1.20. The lowest BCUT2D eigenvalue weighted by Gasteiger charge is -2.21. The van der Waals surface area contributed by atoms with Crippen LogP contribution in [0.5, 0.6) is 0 Å². The molecular formula is C15H21BrN4. The van der Waals surface area contributed by atoms with Crippen molar-refractivity contribution >= 4 is 15.9 Å². The smallest absolute Gasteiger partial charge is 0.158 e. The van der Waals surface area contributed by atoms with Crippen molar-refractivity contribution in [3.63, 3.8) is 0 Å². The molecule has 0 saturated carbocycles. The Labute approximate surface area is 128 Å². The summed E-state index contributed by atoms with van der Waals surface area (Å²) >= 11 is 3.57. The Morgan fingerprint density at radius 1 is 1.30 bits per heavy atom. The minimum Gasteiger partial charge on any atom is -0.308 e. The minimum absolute atomic E-state index is 0.0722. The van der Waals surface area contributed by atoms with E-state index in [-0.39, 0.29) is 5.54 Å². The van der Waals surface area contributed by atoms with E-state index in [2.05, 4.69) is 58.2 Å². The van der Waals surface area contributed by atoms with Crippen LogP contribution < -0.4 is 5.32 Å². The molecule has 4 nitrogen and oxygen atoms in total. The van der Waals surface area contributed by atoms with Gasteiger partial charge in [-0.15, -0.1) is 0 Å². The van der Waals surface area contributed by atoms with Crippen LogP contribution in [0.25, 0.3) is 5.82 Å². The van der Waals surface area contributed by atoms with Gasteiger partial charge >= 0.3 is 0 Å². The highest BCUT2D eigenvalue weighted by molar-refractivity contribution is 9.10. The molecule has 0 bridgehead atoms. The zero-order valence-electron chi connectivity index (χ0n) is 12.7. The summed E-state index contributed by atoms with van der Waals surface area (Å²) in [6.07, 6.45) is 1.81. The number of pyridine rings is 1. The van der Waals surface area contributed by atoms with Gasteiger partial charge in [0.25, 0.3) is 0 Å². The summed E-state index contributed by atoms with van der Waals surface area (Å²) in [6, 6.07) is 4.05. The number of aryl methyl sites for hydroxylation is 1. The highest BCUT2D eigenvalue weighted by Crippen LogP contribution is 2.23. The number of aromatic nitrogens is 3. The van der Waals surface area contributed by atoms with E-state index in [0.717, 1.165) is 33.8 Å². The standard InChI is InChI=1S/C15H21BrN4/c1-10-13(16)11(2)20(19-10)14-12(7-6-8-17-14)9-18-15(3,4)5/h6-8,18H,9H2,1-5H3. The molecule has 0 radical (unpaired) electrons. The van der Waals surface area contributed by atoms with E-state index >= 15 is 0 Å². The molecule has 0 atom stereocenters. The third-order valence-electron chi connectivity index (χ3n) is 3.08. The van der Waals surface area contributed by atoms with Crippen molar-refractivity contribution in [1.29, 1.82) is 0 Å². The highest BCUT2D eigenvalue weighted by atomic mass is 79.9. The SMILES string of the molecule is Cc1nn(-c2ncccc2CNC(C)(C)C)c(C)c1Br. The number of halogens is 1. The van der Waals surface area contributed by atoms with Crippen molar-refractivity contribution in [2.45, 2.75) is 46.7 Å². The average Bonchev–Trinajstić information content (AvgIpc) is 2.64. The van der Waals surface area contributed by atoms with Gasteiger partial charge in [0.2, 0.25) is 0 Å². The summed E-state index contributed by atoms with van der Waals surface area (Å²) in [6.45, 7) is 11.3. The predicted molar refractivity (Wildman–Crippen MR) is 85.1 cm³/mol. The van der Waals surface area contributed by atoms with Crippen LogP contribution in [0.2, 0.25) is 0 Å². The fourth-order valence-corrected chi connectivity index (χ4v) is 2.20. The lowest BCUT2D eigenvalue weighted by molar-refractivity contribution is 0.423. The van der Waals surface area contributed by atoms with Gasteiger partial charge in [-0.05, 0) is 56.6 Å². The molecule has 1 N–H and O–H groups in total. The first-order valence-corrected chi connectivity index (χ1v) is 7.50. The van der Waals surface area contributed by atoms with E-state index in [0.29, 0.717) is 0 Å². The van der Waals surface area contributed by atoms with Gasteiger partial charge < -0.3 is 5.32 Å². The Morgan fingerprint density at radius 3 is 2.55 bits per heavy atom. The summed E-state index contributed by atoms with van der Waals surface area (Å²) in [5.41, 5.74) is 3.25. The number of nitrogens with zero attached hydrogens (tertiary/aromatic N) is 3. The van der Waals surface area contributed by atoms with Gasteiger partial charge in [-0.3, -0.25) is 0 Å². The van der Waals surface area contributed by atoms with Crippen LogP contribution in [0.3, 0.4) is 0 Å². The first-order valence-electron chi connectivity index (χ1n) is 6.70. The molecule has 2 aromatic heterocycles. The van der Waals surface area contributed by atoms with E-state index < -0.39 is 0 Å². The molecule has 20 heavy (non-hydrogen) atoms. The Balaban J connectivity index is 2.39. The third kappa shape index (κ3) is 3.27. The second-order valence-electron chi connectivity index (χ2n) is 5.99. The van der Waals surface area contributed by atoms with Crippen LogP contribution in [0.4, 0.5) is 0 Å². The maximum atomic E-state index is 4.56. The second-order valence-corrected chi connectivity index (χ2v) is 6.78. The minimum atomic E-state index is 0.0722. The maximum Gasteiger partial charge on any atom is 0.158 e. The molecule has 2 heterocycles. The molecule has 0 fully saturated rings. The van der Waals surface area contributed by atoms with Gasteiger partial charge in [0.1, 0.15) is 0 Å². The van der Waals surface area contributed by atoms with Crippen molar-refractivity contribution in [3.8, 4) is 5.82 Å². The van der Waals surface area contributed by atoms with Gasteiger partial charge in [-0.2, -0.15) is 5.10 Å². The van der Waals surface area contributed by atoms with Crippen LogP contribution in [-0.2, 0) is 6.54 Å². The second kappa shape index (κ2) is 5.66. The molecule has 0 amide bonds. The van der Waals surface area contributed by atoms with E-state index in [9.17, 15) is 0 Å². The zero-order valence-corrected chi connectivity index (χ0v) is 14.2. The Kier molecular flexibility index (Phi) is 4.30. The largest absolute Gasteiger partial charge is 0.308 e. The van der Waals surface area contributed by atoms with E-state index in [1.54, 1.807) is 6.20 Å². The van der Waals surface area contributed by atoms with Gasteiger partial charge in [0, 0.05) is 23.8 Å². The Morgan fingerprint density at radius 2 is 2.00 bits per heavy atom. The number of hydrogen-bond donors (Lipinski definition) is 1. The number of nitrogens with one attached hydrogen (secondary N) is 1. The lowest BCUT2D eigenvalue weighted by atomic mass is 10.1. The van der Waals surface area contributed by atoms with Crippen molar-refractivity contribution in [2.24, 2.45) is 0 Å². The maximum absolute atomic E-state index is 4.56.